The van der Waals surface area contributed by atoms with Gasteiger partial charge in [0.25, 0.3) is 0 Å². The van der Waals surface area contributed by atoms with Gasteiger partial charge in [-0.1, -0.05) is 0 Å². The van der Waals surface area contributed by atoms with Gasteiger partial charge in [0.05, 0.1) is 31.2 Å². The number of nitrogens with zero attached hydrogens (tertiary/aromatic N) is 4. The van der Waals surface area contributed by atoms with E-state index in [2.05, 4.69) is 20.3 Å². The second-order valence-electron chi connectivity index (χ2n) is 8.74. The molecule has 4 heterocycles. The molecule has 2 N–H and O–H groups in total. The summed E-state index contributed by atoms with van der Waals surface area (Å²) in [5.41, 5.74) is 0.539. The van der Waals surface area contributed by atoms with Crippen molar-refractivity contribution in [3.05, 3.63) is 48.4 Å². The number of hydrogen-bond acceptors (Lipinski definition) is 7. The molecule has 10 heteroatoms. The summed E-state index contributed by atoms with van der Waals surface area (Å²) in [6, 6.07) is 4.60. The molecule has 3 aromatic rings. The molecular formula is C24H24F3N5O2. The topological polar surface area (TPSA) is 83.4 Å². The van der Waals surface area contributed by atoms with E-state index in [1.54, 1.807) is 11.9 Å². The Bertz CT molecular complexity index is 1210. The lowest BCUT2D eigenvalue weighted by atomic mass is 9.96. The Balaban J connectivity index is 1.40. The summed E-state index contributed by atoms with van der Waals surface area (Å²) in [6.07, 6.45) is 4.39. The lowest BCUT2D eigenvalue weighted by Crippen LogP contribution is -2.55. The number of methoxy groups -OCH3 is 1. The summed E-state index contributed by atoms with van der Waals surface area (Å²) in [7, 11) is 3.12. The highest BCUT2D eigenvalue weighted by Crippen LogP contribution is 2.37. The van der Waals surface area contributed by atoms with E-state index in [9.17, 15) is 18.3 Å². The van der Waals surface area contributed by atoms with Gasteiger partial charge in [0.2, 0.25) is 11.8 Å². The van der Waals surface area contributed by atoms with Gasteiger partial charge in [-0.15, -0.1) is 0 Å². The summed E-state index contributed by atoms with van der Waals surface area (Å²) in [4.78, 5) is 14.1. The molecule has 2 aliphatic heterocycles. The molecule has 178 valence electrons. The van der Waals surface area contributed by atoms with Crippen molar-refractivity contribution in [3.8, 4) is 34.0 Å². The zero-order valence-corrected chi connectivity index (χ0v) is 18.7. The van der Waals surface area contributed by atoms with Crippen molar-refractivity contribution in [2.45, 2.75) is 43.6 Å². The number of hydrogen-bond donors (Lipinski definition) is 2. The number of piperidine rings is 1. The van der Waals surface area contributed by atoms with Crippen LogP contribution in [0.15, 0.2) is 36.7 Å². The summed E-state index contributed by atoms with van der Waals surface area (Å²) in [5.74, 6) is -1.29. The fourth-order valence-electron chi connectivity index (χ4n) is 4.88. The van der Waals surface area contributed by atoms with Crippen molar-refractivity contribution in [1.82, 2.24) is 20.3 Å². The van der Waals surface area contributed by atoms with Crippen LogP contribution in [-0.4, -0.2) is 58.5 Å². The molecule has 2 fully saturated rings. The number of ether oxygens (including phenoxy) is 1. The van der Waals surface area contributed by atoms with Crippen LogP contribution in [0.4, 0.5) is 19.0 Å². The second kappa shape index (κ2) is 8.75. The molecule has 34 heavy (non-hydrogen) atoms. The number of phenols is 1. The molecule has 1 aromatic carbocycles. The molecule has 0 saturated carbocycles. The van der Waals surface area contributed by atoms with Crippen molar-refractivity contribution < 1.29 is 23.0 Å². The van der Waals surface area contributed by atoms with Crippen molar-refractivity contribution in [2.75, 3.05) is 19.1 Å². The van der Waals surface area contributed by atoms with Gasteiger partial charge in [0, 0.05) is 42.4 Å². The van der Waals surface area contributed by atoms with Crippen LogP contribution in [0.3, 0.4) is 0 Å². The molecule has 0 radical (unpaired) electrons. The van der Waals surface area contributed by atoms with Crippen LogP contribution >= 0.6 is 0 Å². The molecule has 2 bridgehead atoms. The summed E-state index contributed by atoms with van der Waals surface area (Å²) in [6.45, 7) is 0. The molecular weight excluding hydrogens is 447 g/mol. The van der Waals surface area contributed by atoms with Crippen LogP contribution in [0.5, 0.6) is 11.6 Å². The number of nitrogens with one attached hydrogen (secondary N) is 1. The molecule has 7 nitrogen and oxygen atoms in total. The van der Waals surface area contributed by atoms with E-state index in [0.717, 1.165) is 25.0 Å². The Morgan fingerprint density at radius 2 is 1.91 bits per heavy atom. The largest absolute Gasteiger partial charge is 0.507 e. The quantitative estimate of drug-likeness (QED) is 0.547. The predicted molar refractivity (Wildman–Crippen MR) is 120 cm³/mol. The van der Waals surface area contributed by atoms with Crippen LogP contribution in [0, 0.1) is 11.8 Å². The molecule has 2 saturated heterocycles. The van der Waals surface area contributed by atoms with Gasteiger partial charge in [-0.25, -0.2) is 13.8 Å². The number of aromatic nitrogens is 3. The van der Waals surface area contributed by atoms with E-state index in [0.29, 0.717) is 18.3 Å². The first-order valence-electron chi connectivity index (χ1n) is 11.0. The number of rotatable bonds is 5. The van der Waals surface area contributed by atoms with E-state index in [4.69, 9.17) is 4.74 Å². The summed E-state index contributed by atoms with van der Waals surface area (Å²) < 4.78 is 48.5. The van der Waals surface area contributed by atoms with Crippen LogP contribution in [0.25, 0.3) is 22.4 Å². The van der Waals surface area contributed by atoms with E-state index >= 15 is 0 Å². The zero-order valence-electron chi connectivity index (χ0n) is 18.7. The molecule has 5 rings (SSSR count). The SMILES string of the molecule is COc1cc(-c2cc(O)c(-c3cnc(N(C)C4CC5CCC(N5)C4F)cn3)cc2F)cc(F)n1. The Hall–Kier alpha value is -3.40. The monoisotopic (exact) mass is 471 g/mol. The van der Waals surface area contributed by atoms with E-state index in [1.807, 2.05) is 0 Å². The molecule has 0 amide bonds. The van der Waals surface area contributed by atoms with Crippen LogP contribution in [-0.2, 0) is 0 Å². The third-order valence-electron chi connectivity index (χ3n) is 6.70. The third-order valence-corrected chi connectivity index (χ3v) is 6.70. The minimum Gasteiger partial charge on any atom is -0.507 e. The zero-order chi connectivity index (χ0) is 24.0. The summed E-state index contributed by atoms with van der Waals surface area (Å²) in [5, 5.41) is 13.9. The molecule has 4 unspecified atom stereocenters. The number of pyridine rings is 1. The van der Waals surface area contributed by atoms with Gasteiger partial charge in [-0.3, -0.25) is 4.98 Å². The molecule has 2 aromatic heterocycles. The van der Waals surface area contributed by atoms with Crippen molar-refractivity contribution in [1.29, 1.82) is 0 Å². The van der Waals surface area contributed by atoms with Gasteiger partial charge in [0.15, 0.2) is 0 Å². The van der Waals surface area contributed by atoms with E-state index in [1.165, 1.54) is 31.6 Å². The fourth-order valence-corrected chi connectivity index (χ4v) is 4.88. The first-order chi connectivity index (χ1) is 16.3. The number of aromatic hydroxyl groups is 1. The number of anilines is 1. The molecule has 4 atom stereocenters. The lowest BCUT2D eigenvalue weighted by Gasteiger charge is -2.38. The van der Waals surface area contributed by atoms with Crippen molar-refractivity contribution >= 4 is 5.82 Å². The summed E-state index contributed by atoms with van der Waals surface area (Å²) >= 11 is 0. The maximum absolute atomic E-state index is 14.9. The van der Waals surface area contributed by atoms with Gasteiger partial charge in [-0.05, 0) is 37.0 Å². The normalized spacial score (nSPS) is 23.7. The highest BCUT2D eigenvalue weighted by molar-refractivity contribution is 5.75. The average Bonchev–Trinajstić information content (AvgIpc) is 3.25. The Morgan fingerprint density at radius 3 is 2.65 bits per heavy atom. The van der Waals surface area contributed by atoms with E-state index in [-0.39, 0.29) is 46.1 Å². The number of fused-ring (bicyclic) bond motifs is 2. The number of alkyl halides is 1. The van der Waals surface area contributed by atoms with Crippen molar-refractivity contribution in [3.63, 3.8) is 0 Å². The van der Waals surface area contributed by atoms with Crippen LogP contribution < -0.4 is 15.0 Å². The second-order valence-corrected chi connectivity index (χ2v) is 8.74. The third kappa shape index (κ3) is 4.02. The van der Waals surface area contributed by atoms with Crippen LogP contribution in [0.2, 0.25) is 0 Å². The van der Waals surface area contributed by atoms with Gasteiger partial charge in [-0.2, -0.15) is 9.37 Å². The smallest absolute Gasteiger partial charge is 0.216 e. The highest BCUT2D eigenvalue weighted by Gasteiger charge is 2.43. The Kier molecular flexibility index (Phi) is 5.76. The highest BCUT2D eigenvalue weighted by atomic mass is 19.1. The maximum Gasteiger partial charge on any atom is 0.216 e. The van der Waals surface area contributed by atoms with Gasteiger partial charge in [0.1, 0.15) is 23.6 Å². The number of benzene rings is 1. The van der Waals surface area contributed by atoms with E-state index < -0.39 is 17.9 Å². The Morgan fingerprint density at radius 1 is 1.09 bits per heavy atom. The minimum atomic E-state index is -1.01. The maximum atomic E-state index is 14.9. The number of halogens is 3. The standard InChI is InChI=1S/C24H24F3N5O2/c1-32(19-7-13-3-4-17(30-13)24(19)27)22-11-28-18(10-29-22)15-8-16(25)14(9-20(15)33)12-5-21(26)31-23(6-12)34-2/h5-6,8-11,13,17,19,24,30,33H,3-4,7H2,1-2H3. The van der Waals surface area contributed by atoms with Crippen LogP contribution in [0.1, 0.15) is 19.3 Å². The van der Waals surface area contributed by atoms with Crippen molar-refractivity contribution in [2.24, 2.45) is 0 Å². The first-order valence-corrected chi connectivity index (χ1v) is 11.0. The fraction of sp³-hybridized carbons (Fsp3) is 0.375. The number of phenolic OH excluding ortho intramolecular Hbond substituents is 1. The predicted octanol–water partition coefficient (Wildman–Crippen LogP) is 3.87. The molecule has 2 aliphatic rings. The molecule has 0 spiro atoms. The van der Waals surface area contributed by atoms with Gasteiger partial charge < -0.3 is 20.1 Å². The Labute approximate surface area is 194 Å². The first kappa shape index (κ1) is 22.4. The average molecular weight is 471 g/mol. The van der Waals surface area contributed by atoms with Gasteiger partial charge >= 0.3 is 0 Å². The minimum absolute atomic E-state index is 0.0131. The lowest BCUT2D eigenvalue weighted by molar-refractivity contribution is 0.176. The molecule has 0 aliphatic carbocycles.